The summed E-state index contributed by atoms with van der Waals surface area (Å²) in [7, 11) is 0. The van der Waals surface area contributed by atoms with Gasteiger partial charge in [0.1, 0.15) is 5.54 Å². The molecule has 0 bridgehead atoms. The first-order valence-corrected chi connectivity index (χ1v) is 4.98. The Kier molecular flexibility index (Phi) is 2.37. The minimum atomic E-state index is -0.744. The van der Waals surface area contributed by atoms with E-state index < -0.39 is 5.54 Å². The molecule has 2 heterocycles. The highest BCUT2D eigenvalue weighted by molar-refractivity contribution is 6.07. The summed E-state index contributed by atoms with van der Waals surface area (Å²) in [6.45, 7) is 1.44. The zero-order valence-electron chi connectivity index (χ0n) is 8.38. The molecule has 2 rings (SSSR count). The SMILES string of the molecule is C#CCN1C(=O)NC2(CCCNC2)C1=O. The van der Waals surface area contributed by atoms with Gasteiger partial charge >= 0.3 is 6.03 Å². The van der Waals surface area contributed by atoms with Crippen molar-refractivity contribution in [3.63, 3.8) is 0 Å². The largest absolute Gasteiger partial charge is 0.325 e. The van der Waals surface area contributed by atoms with Crippen molar-refractivity contribution in [1.82, 2.24) is 15.5 Å². The van der Waals surface area contributed by atoms with Crippen LogP contribution < -0.4 is 10.6 Å². The fourth-order valence-electron chi connectivity index (χ4n) is 2.11. The summed E-state index contributed by atoms with van der Waals surface area (Å²) in [5.74, 6) is 2.12. The molecule has 0 aromatic rings. The maximum Gasteiger partial charge on any atom is 0.325 e. The number of carbonyl (C=O) groups is 2. The third-order valence-electron chi connectivity index (χ3n) is 2.88. The Morgan fingerprint density at radius 3 is 2.93 bits per heavy atom. The van der Waals surface area contributed by atoms with E-state index in [1.807, 2.05) is 0 Å². The molecule has 2 aliphatic rings. The minimum absolute atomic E-state index is 0.0480. The lowest BCUT2D eigenvalue weighted by Crippen LogP contribution is -2.57. The van der Waals surface area contributed by atoms with Crippen LogP contribution in [0.15, 0.2) is 0 Å². The summed E-state index contributed by atoms with van der Waals surface area (Å²) in [4.78, 5) is 24.6. The first kappa shape index (κ1) is 9.99. The van der Waals surface area contributed by atoms with Crippen molar-refractivity contribution in [1.29, 1.82) is 0 Å². The quantitative estimate of drug-likeness (QED) is 0.441. The third-order valence-corrected chi connectivity index (χ3v) is 2.88. The van der Waals surface area contributed by atoms with Crippen LogP contribution in [-0.2, 0) is 4.79 Å². The Balaban J connectivity index is 2.20. The van der Waals surface area contributed by atoms with Crippen LogP contribution in [0.5, 0.6) is 0 Å². The Morgan fingerprint density at radius 1 is 1.53 bits per heavy atom. The van der Waals surface area contributed by atoms with Crippen LogP contribution in [0.3, 0.4) is 0 Å². The molecular weight excluding hydrogens is 194 g/mol. The summed E-state index contributed by atoms with van der Waals surface area (Å²) < 4.78 is 0. The van der Waals surface area contributed by atoms with Gasteiger partial charge in [-0.15, -0.1) is 6.42 Å². The molecule has 15 heavy (non-hydrogen) atoms. The molecule has 2 fully saturated rings. The van der Waals surface area contributed by atoms with E-state index in [0.717, 1.165) is 17.9 Å². The molecule has 1 unspecified atom stereocenters. The summed E-state index contributed by atoms with van der Waals surface area (Å²) in [6.07, 6.45) is 6.68. The minimum Gasteiger partial charge on any atom is -0.322 e. The lowest BCUT2D eigenvalue weighted by molar-refractivity contribution is -0.131. The molecule has 0 aromatic carbocycles. The molecule has 1 atom stereocenters. The van der Waals surface area contributed by atoms with E-state index in [9.17, 15) is 9.59 Å². The monoisotopic (exact) mass is 207 g/mol. The first-order chi connectivity index (χ1) is 7.19. The number of hydrogen-bond acceptors (Lipinski definition) is 3. The zero-order valence-corrected chi connectivity index (χ0v) is 8.38. The second-order valence-corrected chi connectivity index (χ2v) is 3.89. The fraction of sp³-hybridized carbons (Fsp3) is 0.600. The third kappa shape index (κ3) is 1.47. The van der Waals surface area contributed by atoms with Crippen LogP contribution in [0.25, 0.3) is 0 Å². The van der Waals surface area contributed by atoms with Crippen LogP contribution in [0, 0.1) is 12.3 Å². The summed E-state index contributed by atoms with van der Waals surface area (Å²) >= 11 is 0. The second kappa shape index (κ2) is 3.55. The number of nitrogens with one attached hydrogen (secondary N) is 2. The molecule has 0 aromatic heterocycles. The number of imide groups is 1. The fourth-order valence-corrected chi connectivity index (χ4v) is 2.11. The van der Waals surface area contributed by atoms with Gasteiger partial charge in [-0.3, -0.25) is 9.69 Å². The Labute approximate surface area is 88.2 Å². The molecule has 2 saturated heterocycles. The Bertz CT molecular complexity index is 339. The molecule has 0 saturated carbocycles. The molecule has 2 N–H and O–H groups in total. The average molecular weight is 207 g/mol. The van der Waals surface area contributed by atoms with Gasteiger partial charge in [0.05, 0.1) is 6.54 Å². The molecule has 0 aliphatic carbocycles. The summed E-state index contributed by atoms with van der Waals surface area (Å²) in [5, 5.41) is 5.85. The van der Waals surface area contributed by atoms with Gasteiger partial charge < -0.3 is 10.6 Å². The van der Waals surface area contributed by atoms with Crippen molar-refractivity contribution in [3.8, 4) is 12.3 Å². The number of nitrogens with zero attached hydrogens (tertiary/aromatic N) is 1. The molecule has 0 radical (unpaired) electrons. The van der Waals surface area contributed by atoms with Crippen LogP contribution >= 0.6 is 0 Å². The van der Waals surface area contributed by atoms with E-state index in [0.29, 0.717) is 13.0 Å². The topological polar surface area (TPSA) is 61.4 Å². The van der Waals surface area contributed by atoms with E-state index >= 15 is 0 Å². The van der Waals surface area contributed by atoms with Gasteiger partial charge in [0.15, 0.2) is 0 Å². The van der Waals surface area contributed by atoms with E-state index in [2.05, 4.69) is 16.6 Å². The smallest absolute Gasteiger partial charge is 0.322 e. The molecule has 5 heteroatoms. The van der Waals surface area contributed by atoms with Gasteiger partial charge in [-0.05, 0) is 19.4 Å². The first-order valence-electron chi connectivity index (χ1n) is 4.98. The standard InChI is InChI=1S/C10H13N3O2/c1-2-6-13-8(14)10(12-9(13)15)4-3-5-11-7-10/h1,11H,3-7H2,(H,12,15). The number of urea groups is 1. The maximum absolute atomic E-state index is 12.0. The maximum atomic E-state index is 12.0. The molecule has 5 nitrogen and oxygen atoms in total. The predicted octanol–water partition coefficient (Wildman–Crippen LogP) is -0.706. The van der Waals surface area contributed by atoms with Gasteiger partial charge in [-0.25, -0.2) is 4.79 Å². The lowest BCUT2D eigenvalue weighted by atomic mass is 9.90. The van der Waals surface area contributed by atoms with Gasteiger partial charge in [0, 0.05) is 6.54 Å². The molecule has 1 spiro atoms. The predicted molar refractivity (Wildman–Crippen MR) is 53.9 cm³/mol. The number of hydrogen-bond donors (Lipinski definition) is 2. The summed E-state index contributed by atoms with van der Waals surface area (Å²) in [5.41, 5.74) is -0.744. The van der Waals surface area contributed by atoms with E-state index in [1.165, 1.54) is 0 Å². The highest BCUT2D eigenvalue weighted by Crippen LogP contribution is 2.24. The highest BCUT2D eigenvalue weighted by Gasteiger charge is 2.51. The van der Waals surface area contributed by atoms with E-state index in [-0.39, 0.29) is 18.5 Å². The zero-order chi connectivity index (χ0) is 10.9. The van der Waals surface area contributed by atoms with Crippen molar-refractivity contribution in [2.75, 3.05) is 19.6 Å². The van der Waals surface area contributed by atoms with Crippen molar-refractivity contribution in [3.05, 3.63) is 0 Å². The van der Waals surface area contributed by atoms with Crippen molar-refractivity contribution < 1.29 is 9.59 Å². The number of piperidine rings is 1. The van der Waals surface area contributed by atoms with Gasteiger partial charge in [0.25, 0.3) is 5.91 Å². The molecular formula is C10H13N3O2. The van der Waals surface area contributed by atoms with Gasteiger partial charge in [-0.1, -0.05) is 5.92 Å². The number of amides is 3. The van der Waals surface area contributed by atoms with E-state index in [1.54, 1.807) is 0 Å². The van der Waals surface area contributed by atoms with Crippen molar-refractivity contribution in [2.24, 2.45) is 0 Å². The van der Waals surface area contributed by atoms with Crippen LogP contribution in [0.1, 0.15) is 12.8 Å². The molecule has 80 valence electrons. The van der Waals surface area contributed by atoms with Crippen molar-refractivity contribution >= 4 is 11.9 Å². The van der Waals surface area contributed by atoms with Crippen LogP contribution in [-0.4, -0.2) is 42.0 Å². The Hall–Kier alpha value is -1.54. The van der Waals surface area contributed by atoms with Crippen molar-refractivity contribution in [2.45, 2.75) is 18.4 Å². The lowest BCUT2D eigenvalue weighted by Gasteiger charge is -2.30. The Morgan fingerprint density at radius 2 is 2.33 bits per heavy atom. The van der Waals surface area contributed by atoms with Crippen LogP contribution in [0.2, 0.25) is 0 Å². The number of terminal acetylenes is 1. The second-order valence-electron chi connectivity index (χ2n) is 3.89. The van der Waals surface area contributed by atoms with E-state index in [4.69, 9.17) is 6.42 Å². The summed E-state index contributed by atoms with van der Waals surface area (Å²) in [6, 6.07) is -0.373. The highest BCUT2D eigenvalue weighted by atomic mass is 16.2. The normalized spacial score (nSPS) is 30.5. The molecule has 2 aliphatic heterocycles. The van der Waals surface area contributed by atoms with Gasteiger partial charge in [-0.2, -0.15) is 0 Å². The van der Waals surface area contributed by atoms with Crippen LogP contribution in [0.4, 0.5) is 4.79 Å². The number of carbonyl (C=O) groups excluding carboxylic acids is 2. The number of rotatable bonds is 1. The molecule has 3 amide bonds. The average Bonchev–Trinajstić information content (AvgIpc) is 2.45. The van der Waals surface area contributed by atoms with Gasteiger partial charge in [0.2, 0.25) is 0 Å².